The summed E-state index contributed by atoms with van der Waals surface area (Å²) in [5, 5.41) is 5.17. The first-order valence-electron chi connectivity index (χ1n) is 11.3. The molecule has 0 aromatic heterocycles. The van der Waals surface area contributed by atoms with Crippen molar-refractivity contribution in [3.05, 3.63) is 86.4 Å². The second-order valence-electron chi connectivity index (χ2n) is 8.07. The summed E-state index contributed by atoms with van der Waals surface area (Å²) < 4.78 is 18.2. The molecule has 4 rings (SSSR count). The number of hydrogen-bond acceptors (Lipinski definition) is 6. The maximum absolute atomic E-state index is 12.9. The van der Waals surface area contributed by atoms with Gasteiger partial charge in [-0.15, -0.1) is 0 Å². The lowest BCUT2D eigenvalue weighted by atomic mass is 10.1. The Hall–Kier alpha value is -3.83. The van der Waals surface area contributed by atoms with E-state index in [2.05, 4.69) is 42.5 Å². The lowest BCUT2D eigenvalue weighted by Crippen LogP contribution is -2.38. The Morgan fingerprint density at radius 2 is 1.68 bits per heavy atom. The number of nitrogens with one attached hydrogen (secondary N) is 2. The second kappa shape index (κ2) is 12.1. The van der Waals surface area contributed by atoms with Gasteiger partial charge in [0.05, 0.1) is 19.9 Å². The molecule has 0 spiro atoms. The summed E-state index contributed by atoms with van der Waals surface area (Å²) >= 11 is 6.90. The topological polar surface area (TPSA) is 106 Å². The van der Waals surface area contributed by atoms with Crippen molar-refractivity contribution in [2.45, 2.75) is 6.61 Å². The zero-order valence-corrected chi connectivity index (χ0v) is 23.6. The molecule has 1 fully saturated rings. The number of carbonyl (C=O) groups is 3. The Kier molecular flexibility index (Phi) is 8.70. The van der Waals surface area contributed by atoms with Crippen LogP contribution in [0.2, 0.25) is 0 Å². The van der Waals surface area contributed by atoms with Crippen LogP contribution in [-0.4, -0.2) is 43.5 Å². The van der Waals surface area contributed by atoms with Gasteiger partial charge >= 0.3 is 6.03 Å². The van der Waals surface area contributed by atoms with Crippen molar-refractivity contribution < 1.29 is 28.6 Å². The van der Waals surface area contributed by atoms with Crippen molar-refractivity contribution in [3.8, 4) is 17.2 Å². The zero-order chi connectivity index (χ0) is 27.2. The number of rotatable bonds is 9. The summed E-state index contributed by atoms with van der Waals surface area (Å²) in [6.07, 6.45) is 1.50. The van der Waals surface area contributed by atoms with Crippen molar-refractivity contribution >= 4 is 61.5 Å². The lowest BCUT2D eigenvalue weighted by molar-refractivity contribution is -0.127. The van der Waals surface area contributed by atoms with Crippen LogP contribution in [0.4, 0.5) is 10.5 Å². The van der Waals surface area contributed by atoms with E-state index >= 15 is 0 Å². The molecule has 1 saturated heterocycles. The molecule has 4 amide bonds. The van der Waals surface area contributed by atoms with Gasteiger partial charge in [0, 0.05) is 8.95 Å². The van der Waals surface area contributed by atoms with Gasteiger partial charge in [-0.1, -0.05) is 56.1 Å². The first-order chi connectivity index (χ1) is 18.3. The van der Waals surface area contributed by atoms with Crippen LogP contribution in [0, 0.1) is 0 Å². The van der Waals surface area contributed by atoms with Crippen LogP contribution in [0.5, 0.6) is 17.2 Å². The molecule has 3 aromatic carbocycles. The van der Waals surface area contributed by atoms with Crippen LogP contribution in [0.1, 0.15) is 11.1 Å². The van der Waals surface area contributed by atoms with E-state index in [0.29, 0.717) is 39.6 Å². The molecule has 0 atom stereocenters. The van der Waals surface area contributed by atoms with E-state index in [0.717, 1.165) is 14.9 Å². The van der Waals surface area contributed by atoms with E-state index in [4.69, 9.17) is 14.2 Å². The van der Waals surface area contributed by atoms with E-state index in [1.165, 1.54) is 20.3 Å². The molecule has 0 aliphatic carbocycles. The zero-order valence-electron chi connectivity index (χ0n) is 20.4. The van der Waals surface area contributed by atoms with Crippen LogP contribution >= 0.6 is 31.9 Å². The number of imide groups is 1. The minimum atomic E-state index is -0.700. The molecule has 1 aliphatic rings. The highest BCUT2D eigenvalue weighted by atomic mass is 79.9. The van der Waals surface area contributed by atoms with Gasteiger partial charge in [-0.2, -0.15) is 0 Å². The number of anilines is 1. The van der Waals surface area contributed by atoms with Crippen LogP contribution in [0.3, 0.4) is 0 Å². The minimum absolute atomic E-state index is 0.0198. The van der Waals surface area contributed by atoms with Crippen LogP contribution in [0.15, 0.2) is 75.3 Å². The molecule has 1 aliphatic heterocycles. The normalized spacial score (nSPS) is 13.9. The summed E-state index contributed by atoms with van der Waals surface area (Å²) in [4.78, 5) is 38.8. The number of amides is 4. The number of methoxy groups -OCH3 is 2. The third-order valence-electron chi connectivity index (χ3n) is 5.54. The number of benzene rings is 3. The number of urea groups is 1. The summed E-state index contributed by atoms with van der Waals surface area (Å²) in [6.45, 7) is -0.135. The smallest absolute Gasteiger partial charge is 0.329 e. The summed E-state index contributed by atoms with van der Waals surface area (Å²) in [7, 11) is 2.99. The van der Waals surface area contributed by atoms with Gasteiger partial charge in [-0.25, -0.2) is 9.69 Å². The van der Waals surface area contributed by atoms with E-state index in [1.54, 1.807) is 36.4 Å². The van der Waals surface area contributed by atoms with Gasteiger partial charge in [0.25, 0.3) is 5.91 Å². The summed E-state index contributed by atoms with van der Waals surface area (Å²) in [5.41, 5.74) is 2.00. The average molecular weight is 645 g/mol. The standard InChI is InChI=1S/C27H23Br2N3O6/c1-36-22-6-4-3-5-20(22)30-25(33)14-32-26(34)21(31-27(32)35)11-17-12-23(37-2)24(13-19(17)29)38-15-16-7-9-18(28)10-8-16/h3-13H,14-15H2,1-2H3,(H,30,33)(H,31,35)/b21-11+. The molecule has 0 radical (unpaired) electrons. The Bertz CT molecular complexity index is 1410. The molecule has 1 heterocycles. The maximum Gasteiger partial charge on any atom is 0.329 e. The molecule has 0 saturated carbocycles. The fourth-order valence-electron chi connectivity index (χ4n) is 3.63. The Balaban J connectivity index is 1.47. The van der Waals surface area contributed by atoms with Crippen molar-refractivity contribution in [2.75, 3.05) is 26.1 Å². The average Bonchev–Trinajstić information content (AvgIpc) is 3.17. The van der Waals surface area contributed by atoms with Crippen molar-refractivity contribution in [3.63, 3.8) is 0 Å². The van der Waals surface area contributed by atoms with Crippen LogP contribution in [-0.2, 0) is 16.2 Å². The van der Waals surface area contributed by atoms with Gasteiger partial charge in [0.15, 0.2) is 11.5 Å². The first kappa shape index (κ1) is 27.2. The third kappa shape index (κ3) is 6.35. The van der Waals surface area contributed by atoms with Crippen molar-refractivity contribution in [1.82, 2.24) is 10.2 Å². The number of nitrogens with zero attached hydrogens (tertiary/aromatic N) is 1. The molecule has 2 N–H and O–H groups in total. The quantitative estimate of drug-likeness (QED) is 0.241. The largest absolute Gasteiger partial charge is 0.495 e. The molecule has 38 heavy (non-hydrogen) atoms. The predicted octanol–water partition coefficient (Wildman–Crippen LogP) is 5.34. The Morgan fingerprint density at radius 3 is 2.39 bits per heavy atom. The molecule has 0 unspecified atom stereocenters. The number of halogens is 2. The van der Waals surface area contributed by atoms with Crippen molar-refractivity contribution in [2.24, 2.45) is 0 Å². The summed E-state index contributed by atoms with van der Waals surface area (Å²) in [5.74, 6) is 0.227. The highest BCUT2D eigenvalue weighted by molar-refractivity contribution is 9.10. The van der Waals surface area contributed by atoms with E-state index in [1.807, 2.05) is 24.3 Å². The monoisotopic (exact) mass is 643 g/mol. The second-order valence-corrected chi connectivity index (χ2v) is 9.84. The molecule has 0 bridgehead atoms. The minimum Gasteiger partial charge on any atom is -0.495 e. The third-order valence-corrected chi connectivity index (χ3v) is 6.75. The molecule has 3 aromatic rings. The molecule has 9 nitrogen and oxygen atoms in total. The summed E-state index contributed by atoms with van der Waals surface area (Å²) in [6, 6.07) is 17.3. The van der Waals surface area contributed by atoms with E-state index < -0.39 is 24.4 Å². The van der Waals surface area contributed by atoms with Gasteiger partial charge in [-0.05, 0) is 53.6 Å². The van der Waals surface area contributed by atoms with Gasteiger partial charge < -0.3 is 24.8 Å². The number of ether oxygens (including phenoxy) is 3. The Labute approximate surface area is 236 Å². The van der Waals surface area contributed by atoms with E-state index in [-0.39, 0.29) is 5.70 Å². The molecular formula is C27H23Br2N3O6. The van der Waals surface area contributed by atoms with Gasteiger partial charge in [-0.3, -0.25) is 9.59 Å². The van der Waals surface area contributed by atoms with Crippen molar-refractivity contribution in [1.29, 1.82) is 0 Å². The first-order valence-corrected chi connectivity index (χ1v) is 12.9. The van der Waals surface area contributed by atoms with Crippen LogP contribution < -0.4 is 24.8 Å². The highest BCUT2D eigenvalue weighted by Crippen LogP contribution is 2.35. The molecular weight excluding hydrogens is 622 g/mol. The predicted molar refractivity (Wildman–Crippen MR) is 149 cm³/mol. The molecule has 11 heteroatoms. The van der Waals surface area contributed by atoms with E-state index in [9.17, 15) is 14.4 Å². The molecule has 196 valence electrons. The number of hydrogen-bond donors (Lipinski definition) is 2. The fourth-order valence-corrected chi connectivity index (χ4v) is 4.33. The number of para-hydroxylation sites is 2. The fraction of sp³-hybridized carbons (Fsp3) is 0.148. The van der Waals surface area contributed by atoms with Gasteiger partial charge in [0.2, 0.25) is 5.91 Å². The van der Waals surface area contributed by atoms with Gasteiger partial charge in [0.1, 0.15) is 24.6 Å². The Morgan fingerprint density at radius 1 is 0.974 bits per heavy atom. The van der Waals surface area contributed by atoms with Crippen LogP contribution in [0.25, 0.3) is 6.08 Å². The maximum atomic E-state index is 12.9. The SMILES string of the molecule is COc1ccccc1NC(=O)CN1C(=O)N/C(=C/c2cc(OC)c(OCc3ccc(Br)cc3)cc2Br)C1=O. The number of carbonyl (C=O) groups excluding carboxylic acids is 3. The highest BCUT2D eigenvalue weighted by Gasteiger charge is 2.35. The lowest BCUT2D eigenvalue weighted by Gasteiger charge is -2.14.